The van der Waals surface area contributed by atoms with Crippen LogP contribution in [0.4, 0.5) is 0 Å². The van der Waals surface area contributed by atoms with Crippen LogP contribution in [0.1, 0.15) is 0 Å². The van der Waals surface area contributed by atoms with Crippen LogP contribution in [0, 0.1) is 12.1 Å². The topological polar surface area (TPSA) is 35.1 Å². The normalized spacial score (nSPS) is 12.1. The molecule has 0 aliphatic heterocycles. The van der Waals surface area contributed by atoms with Gasteiger partial charge in [-0.25, -0.2) is 4.98 Å². The smallest absolute Gasteiger partial charge is 0.340 e. The predicted molar refractivity (Wildman–Crippen MR) is 237 cm³/mol. The number of pyridine rings is 2. The number of benzene rings is 7. The summed E-state index contributed by atoms with van der Waals surface area (Å²) >= 11 is 1.86. The third-order valence-electron chi connectivity index (χ3n) is 11.5. The van der Waals surface area contributed by atoms with Crippen LogP contribution in [-0.2, 0) is 20.4 Å². The van der Waals surface area contributed by atoms with E-state index in [2.05, 4.69) is 191 Å². The summed E-state index contributed by atoms with van der Waals surface area (Å²) in [5.41, 5.74) is 5.07. The molecule has 0 aliphatic carbocycles. The molecular formula is C50H30N4PdSSi. The van der Waals surface area contributed by atoms with Gasteiger partial charge in [-0.1, -0.05) is 114 Å². The first kappa shape index (κ1) is 34.1. The van der Waals surface area contributed by atoms with E-state index in [-0.39, 0.29) is 20.4 Å². The van der Waals surface area contributed by atoms with E-state index < -0.39 is 8.07 Å². The van der Waals surface area contributed by atoms with Crippen LogP contribution in [-0.4, -0.2) is 27.0 Å². The molecule has 0 N–H and O–H groups in total. The average molecular weight is 853 g/mol. The zero-order valence-corrected chi connectivity index (χ0v) is 33.7. The van der Waals surface area contributed by atoms with Crippen molar-refractivity contribution in [3.05, 3.63) is 195 Å². The van der Waals surface area contributed by atoms with Gasteiger partial charge in [-0.2, -0.15) is 23.4 Å². The molecule has 4 nitrogen and oxygen atoms in total. The Morgan fingerprint density at radius 2 is 1.18 bits per heavy atom. The molecule has 5 aromatic heterocycles. The fraction of sp³-hybridized carbons (Fsp3) is 0. The van der Waals surface area contributed by atoms with E-state index in [0.29, 0.717) is 0 Å². The fourth-order valence-corrected chi connectivity index (χ4v) is 15.0. The Hall–Kier alpha value is -6.20. The van der Waals surface area contributed by atoms with Crippen molar-refractivity contribution >= 4 is 110 Å². The number of para-hydroxylation sites is 1. The Kier molecular flexibility index (Phi) is 7.89. The molecule has 7 heteroatoms. The van der Waals surface area contributed by atoms with Gasteiger partial charge in [0, 0.05) is 55.1 Å². The molecule has 0 aliphatic rings. The number of thiophene rings is 1. The molecule has 57 heavy (non-hydrogen) atoms. The molecule has 12 aromatic rings. The van der Waals surface area contributed by atoms with E-state index in [1.807, 2.05) is 23.7 Å². The van der Waals surface area contributed by atoms with Gasteiger partial charge >= 0.3 is 20.4 Å². The molecule has 0 bridgehead atoms. The second-order valence-electron chi connectivity index (χ2n) is 14.4. The minimum atomic E-state index is -3.08. The molecule has 0 fully saturated rings. The summed E-state index contributed by atoms with van der Waals surface area (Å²) in [7, 11) is -3.08. The first-order chi connectivity index (χ1) is 27.8. The molecule has 12 rings (SSSR count). The Morgan fingerprint density at radius 1 is 0.491 bits per heavy atom. The number of fused-ring (bicyclic) bond motifs is 13. The second-order valence-corrected chi connectivity index (χ2v) is 19.2. The van der Waals surface area contributed by atoms with Crippen molar-refractivity contribution in [3.63, 3.8) is 0 Å². The quantitative estimate of drug-likeness (QED) is 0.0749. The monoisotopic (exact) mass is 852 g/mol. The molecule has 0 spiro atoms. The van der Waals surface area contributed by atoms with Gasteiger partial charge < -0.3 is 8.97 Å². The Labute approximate surface area is 347 Å². The van der Waals surface area contributed by atoms with Crippen LogP contribution in [0.5, 0.6) is 0 Å². The number of nitrogens with zero attached hydrogens (tertiary/aromatic N) is 4. The van der Waals surface area contributed by atoms with Gasteiger partial charge in [-0.15, -0.1) is 46.2 Å². The Morgan fingerprint density at radius 3 is 2.00 bits per heavy atom. The summed E-state index contributed by atoms with van der Waals surface area (Å²) in [6, 6.07) is 67.6. The third kappa shape index (κ3) is 4.87. The fourth-order valence-electron chi connectivity index (χ4n) is 9.18. The van der Waals surface area contributed by atoms with Gasteiger partial charge in [-0.3, -0.25) is 4.98 Å². The standard InChI is InChI=1S/C50H30N4SSi.Pd/c1-3-14-34(15-4-1)56(35-16-5-2-6-17-35,37-24-25-38-39-19-7-9-22-44(39)53-30-29-52-49(53)43(38)32-37)36-18-11-13-33(31-36)54-45-27-26-41-40-20-8-10-23-46(40)55-48(41)47(45)42-21-12-28-51-50(42)54;/h1-30H;/q-2;+2. The largest absolute Gasteiger partial charge is 2.00 e. The maximum atomic E-state index is 5.05. The van der Waals surface area contributed by atoms with E-state index in [1.54, 1.807) is 0 Å². The minimum absolute atomic E-state index is 0. The van der Waals surface area contributed by atoms with Crippen molar-refractivity contribution in [2.75, 3.05) is 0 Å². The summed E-state index contributed by atoms with van der Waals surface area (Å²) in [6.07, 6.45) is 5.85. The third-order valence-corrected chi connectivity index (χ3v) is 17.3. The van der Waals surface area contributed by atoms with Crippen LogP contribution in [0.2, 0.25) is 0 Å². The molecule has 0 unspecified atom stereocenters. The summed E-state index contributed by atoms with van der Waals surface area (Å²) < 4.78 is 7.10. The van der Waals surface area contributed by atoms with Crippen molar-refractivity contribution < 1.29 is 20.4 Å². The maximum Gasteiger partial charge on any atom is 2.00 e. The molecular weight excluding hydrogens is 823 g/mol. The number of aromatic nitrogens is 4. The number of hydrogen-bond acceptors (Lipinski definition) is 3. The Balaban J connectivity index is 0.00000374. The van der Waals surface area contributed by atoms with Gasteiger partial charge in [0.1, 0.15) is 13.7 Å². The number of rotatable bonds is 5. The summed E-state index contributed by atoms with van der Waals surface area (Å²) in [6.45, 7) is 0. The van der Waals surface area contributed by atoms with Crippen molar-refractivity contribution in [2.45, 2.75) is 0 Å². The molecule has 0 radical (unpaired) electrons. The van der Waals surface area contributed by atoms with Crippen molar-refractivity contribution in [3.8, 4) is 5.69 Å². The summed E-state index contributed by atoms with van der Waals surface area (Å²) in [4.78, 5) is 9.96. The van der Waals surface area contributed by atoms with E-state index in [1.165, 1.54) is 41.3 Å². The van der Waals surface area contributed by atoms with Gasteiger partial charge in [-0.05, 0) is 46.1 Å². The van der Waals surface area contributed by atoms with Gasteiger partial charge in [0.15, 0.2) is 0 Å². The molecule has 5 heterocycles. The van der Waals surface area contributed by atoms with Crippen LogP contribution < -0.4 is 20.7 Å². The number of imidazole rings is 1. The van der Waals surface area contributed by atoms with E-state index in [9.17, 15) is 0 Å². The van der Waals surface area contributed by atoms with E-state index >= 15 is 0 Å². The van der Waals surface area contributed by atoms with Gasteiger partial charge in [0.25, 0.3) is 0 Å². The van der Waals surface area contributed by atoms with Crippen LogP contribution in [0.25, 0.3) is 75.1 Å². The predicted octanol–water partition coefficient (Wildman–Crippen LogP) is 9.48. The first-order valence-corrected chi connectivity index (χ1v) is 21.6. The Bertz CT molecular complexity index is 3460. The zero-order valence-electron chi connectivity index (χ0n) is 30.3. The van der Waals surface area contributed by atoms with Crippen molar-refractivity contribution in [1.82, 2.24) is 18.9 Å². The second kappa shape index (κ2) is 13.2. The number of hydrogen-bond donors (Lipinski definition) is 0. The average Bonchev–Trinajstić information content (AvgIpc) is 4.00. The van der Waals surface area contributed by atoms with Crippen molar-refractivity contribution in [2.24, 2.45) is 0 Å². The molecule has 0 saturated heterocycles. The SMILES string of the molecule is [Pd+2].[c-]1c(-n2c3ccc4c5ccccc5sc4c3c3cccnc32)cccc1[Si](c1[c-]c2c(cc1)c1ccccc1n1ccnc21)(c1ccccc1)c1ccccc1. The minimum Gasteiger partial charge on any atom is -0.340 e. The van der Waals surface area contributed by atoms with E-state index in [0.717, 1.165) is 54.5 Å². The van der Waals surface area contributed by atoms with E-state index in [4.69, 9.17) is 9.97 Å². The van der Waals surface area contributed by atoms with Crippen LogP contribution >= 0.6 is 11.3 Å². The zero-order chi connectivity index (χ0) is 36.8. The molecule has 0 atom stereocenters. The maximum absolute atomic E-state index is 5.05. The van der Waals surface area contributed by atoms with Gasteiger partial charge in [0.05, 0.1) is 11.2 Å². The van der Waals surface area contributed by atoms with Crippen molar-refractivity contribution in [1.29, 1.82) is 0 Å². The summed E-state index contributed by atoms with van der Waals surface area (Å²) in [5.74, 6) is 0. The van der Waals surface area contributed by atoms with Crippen LogP contribution in [0.3, 0.4) is 0 Å². The first-order valence-electron chi connectivity index (χ1n) is 18.8. The summed E-state index contributed by atoms with van der Waals surface area (Å²) in [5, 5.41) is 13.1. The molecule has 0 saturated carbocycles. The van der Waals surface area contributed by atoms with Gasteiger partial charge in [0.2, 0.25) is 0 Å². The van der Waals surface area contributed by atoms with Crippen LogP contribution in [0.15, 0.2) is 182 Å². The molecule has 0 amide bonds. The molecule has 270 valence electrons. The molecule has 7 aromatic carbocycles.